The lowest BCUT2D eigenvalue weighted by atomic mass is 9.99. The number of carbonyl (C=O) groups excluding carboxylic acids is 1. The smallest absolute Gasteiger partial charge is 0.407 e. The van der Waals surface area contributed by atoms with E-state index in [9.17, 15) is 9.18 Å². The molecule has 0 radical (unpaired) electrons. The lowest BCUT2D eigenvalue weighted by Gasteiger charge is -2.29. The average molecular weight is 267 g/mol. The molecule has 0 aromatic heterocycles. The second kappa shape index (κ2) is 6.52. The molecule has 19 heavy (non-hydrogen) atoms. The van der Waals surface area contributed by atoms with Gasteiger partial charge in [0.05, 0.1) is 13.2 Å². The number of hydrogen-bond donors (Lipinski definition) is 1. The predicted octanol–water partition coefficient (Wildman–Crippen LogP) is 2.43. The summed E-state index contributed by atoms with van der Waals surface area (Å²) < 4.78 is 24.2. The van der Waals surface area contributed by atoms with Crippen LogP contribution >= 0.6 is 0 Å². The van der Waals surface area contributed by atoms with Crippen molar-refractivity contribution in [3.63, 3.8) is 0 Å². The normalized spacial score (nSPS) is 22.8. The van der Waals surface area contributed by atoms with Crippen LogP contribution in [-0.4, -0.2) is 31.5 Å². The molecule has 1 heterocycles. The molecule has 1 atom stereocenters. The van der Waals surface area contributed by atoms with Gasteiger partial charge in [-0.2, -0.15) is 0 Å². The first-order chi connectivity index (χ1) is 9.18. The zero-order valence-electron chi connectivity index (χ0n) is 10.7. The summed E-state index contributed by atoms with van der Waals surface area (Å²) in [7, 11) is 0. The second-order valence-corrected chi connectivity index (χ2v) is 4.72. The number of alkyl halides is 1. The maximum Gasteiger partial charge on any atom is 0.407 e. The highest BCUT2D eigenvalue weighted by Gasteiger charge is 2.33. The molecule has 2 rings (SSSR count). The minimum Gasteiger partial charge on any atom is -0.445 e. The van der Waals surface area contributed by atoms with E-state index in [-0.39, 0.29) is 19.8 Å². The van der Waals surface area contributed by atoms with Gasteiger partial charge in [-0.25, -0.2) is 9.18 Å². The summed E-state index contributed by atoms with van der Waals surface area (Å²) in [5.41, 5.74) is -0.571. The van der Waals surface area contributed by atoms with Gasteiger partial charge in [-0.1, -0.05) is 30.3 Å². The number of ether oxygens (including phenoxy) is 2. The average Bonchev–Trinajstić information content (AvgIpc) is 2.45. The van der Waals surface area contributed by atoms with Crippen LogP contribution in [0.4, 0.5) is 9.18 Å². The summed E-state index contributed by atoms with van der Waals surface area (Å²) in [6, 6.07) is 9.34. The summed E-state index contributed by atoms with van der Waals surface area (Å²) >= 11 is 0. The van der Waals surface area contributed by atoms with Crippen LogP contribution in [-0.2, 0) is 16.1 Å². The van der Waals surface area contributed by atoms with E-state index in [0.29, 0.717) is 19.4 Å². The van der Waals surface area contributed by atoms with Gasteiger partial charge in [0.1, 0.15) is 6.61 Å². The van der Waals surface area contributed by atoms with Gasteiger partial charge in [0.2, 0.25) is 0 Å². The van der Waals surface area contributed by atoms with E-state index in [2.05, 4.69) is 5.32 Å². The standard InChI is InChI=1S/C14H18FNO3/c15-14(7-4-8-18-11-14)10-16-13(17)19-9-12-5-2-1-3-6-12/h1-3,5-6H,4,7-11H2,(H,16,17)/t14-/m1/s1. The lowest BCUT2D eigenvalue weighted by Crippen LogP contribution is -2.45. The fourth-order valence-electron chi connectivity index (χ4n) is 1.96. The van der Waals surface area contributed by atoms with E-state index >= 15 is 0 Å². The van der Waals surface area contributed by atoms with Crippen LogP contribution in [0, 0.1) is 0 Å². The van der Waals surface area contributed by atoms with Crippen molar-refractivity contribution in [1.29, 1.82) is 0 Å². The van der Waals surface area contributed by atoms with Crippen LogP contribution in [0.3, 0.4) is 0 Å². The molecule has 5 heteroatoms. The van der Waals surface area contributed by atoms with Crippen LogP contribution in [0.15, 0.2) is 30.3 Å². The highest BCUT2D eigenvalue weighted by atomic mass is 19.1. The molecule has 0 saturated carbocycles. The van der Waals surface area contributed by atoms with Crippen LogP contribution in [0.5, 0.6) is 0 Å². The summed E-state index contributed by atoms with van der Waals surface area (Å²) in [6.45, 7) is 0.735. The van der Waals surface area contributed by atoms with E-state index in [1.807, 2.05) is 30.3 Å². The highest BCUT2D eigenvalue weighted by molar-refractivity contribution is 5.67. The van der Waals surface area contributed by atoms with Gasteiger partial charge < -0.3 is 14.8 Å². The number of halogens is 1. The van der Waals surface area contributed by atoms with Gasteiger partial charge in [-0.3, -0.25) is 0 Å². The highest BCUT2D eigenvalue weighted by Crippen LogP contribution is 2.22. The van der Waals surface area contributed by atoms with Crippen molar-refractivity contribution >= 4 is 6.09 Å². The van der Waals surface area contributed by atoms with E-state index < -0.39 is 11.8 Å². The molecule has 0 spiro atoms. The Labute approximate surface area is 111 Å². The quantitative estimate of drug-likeness (QED) is 0.911. The van der Waals surface area contributed by atoms with Crippen LogP contribution in [0.2, 0.25) is 0 Å². The number of benzene rings is 1. The Balaban J connectivity index is 1.70. The topological polar surface area (TPSA) is 47.6 Å². The van der Waals surface area contributed by atoms with Crippen molar-refractivity contribution in [2.24, 2.45) is 0 Å². The van der Waals surface area contributed by atoms with Gasteiger partial charge >= 0.3 is 6.09 Å². The molecule has 1 saturated heterocycles. The summed E-state index contributed by atoms with van der Waals surface area (Å²) in [5, 5.41) is 2.45. The van der Waals surface area contributed by atoms with Crippen molar-refractivity contribution in [2.75, 3.05) is 19.8 Å². The third-order valence-corrected chi connectivity index (χ3v) is 3.04. The monoisotopic (exact) mass is 267 g/mol. The molecule has 1 aliphatic heterocycles. The van der Waals surface area contributed by atoms with Crippen molar-refractivity contribution in [1.82, 2.24) is 5.32 Å². The molecule has 1 fully saturated rings. The molecule has 1 aromatic rings. The molecular weight excluding hydrogens is 249 g/mol. The second-order valence-electron chi connectivity index (χ2n) is 4.72. The van der Waals surface area contributed by atoms with Crippen molar-refractivity contribution in [3.05, 3.63) is 35.9 Å². The number of amides is 1. The first kappa shape index (κ1) is 13.8. The number of rotatable bonds is 4. The Bertz CT molecular complexity index is 404. The molecule has 1 amide bonds. The third kappa shape index (κ3) is 4.52. The predicted molar refractivity (Wildman–Crippen MR) is 68.5 cm³/mol. The minimum absolute atomic E-state index is 0.0337. The number of carbonyl (C=O) groups is 1. The van der Waals surface area contributed by atoms with Gasteiger partial charge in [0, 0.05) is 6.61 Å². The van der Waals surface area contributed by atoms with E-state index in [4.69, 9.17) is 9.47 Å². The molecule has 1 N–H and O–H groups in total. The van der Waals surface area contributed by atoms with Crippen molar-refractivity contribution in [3.8, 4) is 0 Å². The zero-order valence-corrected chi connectivity index (χ0v) is 10.7. The van der Waals surface area contributed by atoms with Gasteiger partial charge in [-0.15, -0.1) is 0 Å². The molecule has 0 unspecified atom stereocenters. The molecular formula is C14H18FNO3. The SMILES string of the molecule is O=C(NC[C@]1(F)CCCOC1)OCc1ccccc1. The van der Waals surface area contributed by atoms with Crippen LogP contribution in [0.1, 0.15) is 18.4 Å². The zero-order chi connectivity index (χ0) is 13.6. The number of nitrogens with one attached hydrogen (secondary N) is 1. The van der Waals surface area contributed by atoms with Gasteiger partial charge in [-0.05, 0) is 18.4 Å². The Morgan fingerprint density at radius 2 is 2.21 bits per heavy atom. The Morgan fingerprint density at radius 3 is 2.89 bits per heavy atom. The molecule has 0 bridgehead atoms. The molecule has 0 aliphatic carbocycles. The van der Waals surface area contributed by atoms with E-state index in [1.165, 1.54) is 0 Å². The summed E-state index contributed by atoms with van der Waals surface area (Å²) in [4.78, 5) is 11.5. The maximum atomic E-state index is 14.1. The summed E-state index contributed by atoms with van der Waals surface area (Å²) in [6.07, 6.45) is 0.481. The Hall–Kier alpha value is -1.62. The van der Waals surface area contributed by atoms with Crippen LogP contribution < -0.4 is 5.32 Å². The van der Waals surface area contributed by atoms with E-state index in [1.54, 1.807) is 0 Å². The van der Waals surface area contributed by atoms with Crippen molar-refractivity contribution < 1.29 is 18.7 Å². The molecule has 1 aliphatic rings. The number of hydrogen-bond acceptors (Lipinski definition) is 3. The largest absolute Gasteiger partial charge is 0.445 e. The summed E-state index contributed by atoms with van der Waals surface area (Å²) in [5.74, 6) is 0. The number of alkyl carbamates (subject to hydrolysis) is 1. The van der Waals surface area contributed by atoms with Gasteiger partial charge in [0.15, 0.2) is 5.67 Å². The molecule has 104 valence electrons. The van der Waals surface area contributed by atoms with Crippen molar-refractivity contribution in [2.45, 2.75) is 25.1 Å². The maximum absolute atomic E-state index is 14.1. The lowest BCUT2D eigenvalue weighted by molar-refractivity contribution is -0.0300. The Morgan fingerprint density at radius 1 is 1.42 bits per heavy atom. The Kier molecular flexibility index (Phi) is 4.74. The fraction of sp³-hybridized carbons (Fsp3) is 0.500. The molecule has 1 aromatic carbocycles. The third-order valence-electron chi connectivity index (χ3n) is 3.04. The van der Waals surface area contributed by atoms with Gasteiger partial charge in [0.25, 0.3) is 0 Å². The minimum atomic E-state index is -1.47. The first-order valence-corrected chi connectivity index (χ1v) is 6.39. The first-order valence-electron chi connectivity index (χ1n) is 6.39. The molecule has 4 nitrogen and oxygen atoms in total. The van der Waals surface area contributed by atoms with E-state index in [0.717, 1.165) is 5.56 Å². The van der Waals surface area contributed by atoms with Crippen LogP contribution in [0.25, 0.3) is 0 Å². The fourth-order valence-corrected chi connectivity index (χ4v) is 1.96.